The molecule has 148 valence electrons. The maximum atomic E-state index is 6.18. The highest BCUT2D eigenvalue weighted by Crippen LogP contribution is 2.29. The average molecular weight is 387 g/mol. The van der Waals surface area contributed by atoms with E-state index < -0.39 is 0 Å². The van der Waals surface area contributed by atoms with Gasteiger partial charge in [-0.05, 0) is 49.1 Å². The molecule has 6 nitrogen and oxygen atoms in total. The molecule has 0 unspecified atom stereocenters. The highest BCUT2D eigenvalue weighted by atomic mass is 16.5. The van der Waals surface area contributed by atoms with Crippen LogP contribution in [-0.4, -0.2) is 34.8 Å². The molecule has 1 saturated heterocycles. The van der Waals surface area contributed by atoms with Gasteiger partial charge in [-0.1, -0.05) is 24.3 Å². The molecule has 2 aromatic heterocycles. The Labute approximate surface area is 169 Å². The Morgan fingerprint density at radius 3 is 2.59 bits per heavy atom. The maximum absolute atomic E-state index is 6.18. The van der Waals surface area contributed by atoms with Gasteiger partial charge in [0.2, 0.25) is 5.95 Å². The summed E-state index contributed by atoms with van der Waals surface area (Å²) in [5.74, 6) is 1.08. The Morgan fingerprint density at radius 1 is 1.03 bits per heavy atom. The summed E-state index contributed by atoms with van der Waals surface area (Å²) in [6.45, 7) is 2.32. The first kappa shape index (κ1) is 17.8. The Kier molecular flexibility index (Phi) is 4.46. The molecule has 1 aliphatic rings. The van der Waals surface area contributed by atoms with Gasteiger partial charge >= 0.3 is 0 Å². The fourth-order valence-corrected chi connectivity index (χ4v) is 4.24. The molecule has 2 N–H and O–H groups in total. The Bertz CT molecular complexity index is 1160. The molecule has 0 atom stereocenters. The van der Waals surface area contributed by atoms with E-state index >= 15 is 0 Å². The third kappa shape index (κ3) is 3.24. The van der Waals surface area contributed by atoms with Gasteiger partial charge in [0.25, 0.3) is 0 Å². The van der Waals surface area contributed by atoms with Gasteiger partial charge in [0.15, 0.2) is 0 Å². The van der Waals surface area contributed by atoms with Gasteiger partial charge < -0.3 is 15.4 Å². The normalized spacial score (nSPS) is 14.6. The molecule has 2 aromatic carbocycles. The van der Waals surface area contributed by atoms with E-state index in [0.29, 0.717) is 11.7 Å². The molecule has 29 heavy (non-hydrogen) atoms. The molecule has 0 spiro atoms. The van der Waals surface area contributed by atoms with E-state index in [1.165, 1.54) is 30.5 Å². The highest BCUT2D eigenvalue weighted by Gasteiger charge is 2.14. The number of hydrogen-bond acceptors (Lipinski definition) is 5. The lowest BCUT2D eigenvalue weighted by Crippen LogP contribution is -2.29. The zero-order valence-corrected chi connectivity index (χ0v) is 16.6. The summed E-state index contributed by atoms with van der Waals surface area (Å²) in [6.07, 6.45) is 4.68. The third-order valence-corrected chi connectivity index (χ3v) is 5.74. The van der Waals surface area contributed by atoms with Crippen LogP contribution in [-0.2, 0) is 6.42 Å². The smallest absolute Gasteiger partial charge is 0.222 e. The van der Waals surface area contributed by atoms with Crippen LogP contribution >= 0.6 is 0 Å². The van der Waals surface area contributed by atoms with Gasteiger partial charge in [-0.2, -0.15) is 9.61 Å². The number of para-hydroxylation sites is 1. The van der Waals surface area contributed by atoms with Crippen LogP contribution in [0.5, 0.6) is 5.75 Å². The van der Waals surface area contributed by atoms with Crippen molar-refractivity contribution in [3.8, 4) is 5.75 Å². The molecule has 0 amide bonds. The Morgan fingerprint density at radius 2 is 1.83 bits per heavy atom. The van der Waals surface area contributed by atoms with Crippen molar-refractivity contribution in [2.75, 3.05) is 30.8 Å². The molecule has 3 heterocycles. The summed E-state index contributed by atoms with van der Waals surface area (Å²) in [6, 6.07) is 16.8. The molecule has 0 saturated carbocycles. The number of anilines is 2. The number of nitrogens with two attached hydrogens (primary N) is 1. The molecule has 0 radical (unpaired) electrons. The monoisotopic (exact) mass is 387 g/mol. The quantitative estimate of drug-likeness (QED) is 0.572. The number of methoxy groups -OCH3 is 1. The first-order chi connectivity index (χ1) is 14.2. The van der Waals surface area contributed by atoms with Crippen LogP contribution in [0.3, 0.4) is 0 Å². The molecular weight excluding hydrogens is 362 g/mol. The first-order valence-electron chi connectivity index (χ1n) is 10.2. The summed E-state index contributed by atoms with van der Waals surface area (Å²) < 4.78 is 7.16. The van der Waals surface area contributed by atoms with E-state index in [4.69, 9.17) is 15.6 Å². The fraction of sp³-hybridized carbons (Fsp3) is 0.304. The molecule has 6 heteroatoms. The lowest BCUT2D eigenvalue weighted by Gasteiger charge is -2.28. The van der Waals surface area contributed by atoms with Crippen LogP contribution in [0.25, 0.3) is 16.4 Å². The minimum Gasteiger partial charge on any atom is -0.494 e. The maximum Gasteiger partial charge on any atom is 0.222 e. The zero-order chi connectivity index (χ0) is 19.8. The summed E-state index contributed by atoms with van der Waals surface area (Å²) in [4.78, 5) is 6.98. The van der Waals surface area contributed by atoms with E-state index in [9.17, 15) is 0 Å². The number of hydrogen-bond donors (Lipinski definition) is 1. The average Bonchev–Trinajstić information content (AvgIpc) is 3.19. The topological polar surface area (TPSA) is 68.7 Å². The molecular formula is C23H25N5O. The lowest BCUT2D eigenvalue weighted by molar-refractivity contribution is 0.419. The second kappa shape index (κ2) is 7.28. The van der Waals surface area contributed by atoms with Crippen molar-refractivity contribution in [2.24, 2.45) is 0 Å². The van der Waals surface area contributed by atoms with E-state index in [-0.39, 0.29) is 0 Å². The van der Waals surface area contributed by atoms with Crippen molar-refractivity contribution in [1.29, 1.82) is 0 Å². The van der Waals surface area contributed by atoms with Crippen molar-refractivity contribution in [3.05, 3.63) is 59.8 Å². The standard InChI is InChI=1S/C23H25N5O/c1-29-21-7-5-6-19-20-15-17(26-28(20)23(24)25-22(19)21)14-16-8-10-18(11-9-16)27-12-3-2-4-13-27/h5-11,15H,2-4,12-14H2,1H3,(H2,24,25). The lowest BCUT2D eigenvalue weighted by atomic mass is 10.1. The van der Waals surface area contributed by atoms with Crippen molar-refractivity contribution in [3.63, 3.8) is 0 Å². The minimum atomic E-state index is 0.365. The number of rotatable bonds is 4. The molecule has 1 fully saturated rings. The van der Waals surface area contributed by atoms with Gasteiger partial charge in [0, 0.05) is 30.6 Å². The number of piperidine rings is 1. The van der Waals surface area contributed by atoms with Crippen LogP contribution in [0.2, 0.25) is 0 Å². The van der Waals surface area contributed by atoms with Crippen LogP contribution in [0.1, 0.15) is 30.5 Å². The number of ether oxygens (including phenoxy) is 1. The SMILES string of the molecule is COc1cccc2c1nc(N)n1nc(Cc3ccc(N4CCCCC4)cc3)cc21. The van der Waals surface area contributed by atoms with Crippen molar-refractivity contribution in [1.82, 2.24) is 14.6 Å². The Balaban J connectivity index is 1.46. The van der Waals surface area contributed by atoms with E-state index in [2.05, 4.69) is 40.2 Å². The van der Waals surface area contributed by atoms with Crippen LogP contribution in [0, 0.1) is 0 Å². The first-order valence-corrected chi connectivity index (χ1v) is 10.2. The molecule has 4 aromatic rings. The van der Waals surface area contributed by atoms with Gasteiger partial charge in [-0.15, -0.1) is 0 Å². The van der Waals surface area contributed by atoms with Crippen LogP contribution < -0.4 is 15.4 Å². The van der Waals surface area contributed by atoms with E-state index in [1.807, 2.05) is 18.2 Å². The summed E-state index contributed by atoms with van der Waals surface area (Å²) in [5.41, 5.74) is 11.4. The summed E-state index contributed by atoms with van der Waals surface area (Å²) >= 11 is 0. The Hall–Kier alpha value is -3.28. The molecule has 5 rings (SSSR count). The second-order valence-electron chi connectivity index (χ2n) is 7.65. The van der Waals surface area contributed by atoms with Crippen molar-refractivity contribution < 1.29 is 4.74 Å². The van der Waals surface area contributed by atoms with Crippen LogP contribution in [0.15, 0.2) is 48.5 Å². The van der Waals surface area contributed by atoms with Crippen LogP contribution in [0.4, 0.5) is 11.6 Å². The number of nitrogens with zero attached hydrogens (tertiary/aromatic N) is 4. The number of nitrogen functional groups attached to an aromatic ring is 1. The predicted molar refractivity (Wildman–Crippen MR) is 117 cm³/mol. The zero-order valence-electron chi connectivity index (χ0n) is 16.6. The highest BCUT2D eigenvalue weighted by molar-refractivity contribution is 5.97. The van der Waals surface area contributed by atoms with Gasteiger partial charge in [-0.25, -0.2) is 4.98 Å². The largest absolute Gasteiger partial charge is 0.494 e. The number of aromatic nitrogens is 3. The summed E-state index contributed by atoms with van der Waals surface area (Å²) in [5, 5.41) is 5.69. The van der Waals surface area contributed by atoms with E-state index in [1.54, 1.807) is 11.6 Å². The van der Waals surface area contributed by atoms with Gasteiger partial charge in [-0.3, -0.25) is 0 Å². The van der Waals surface area contributed by atoms with E-state index in [0.717, 1.165) is 41.6 Å². The second-order valence-corrected chi connectivity index (χ2v) is 7.65. The fourth-order valence-electron chi connectivity index (χ4n) is 4.24. The third-order valence-electron chi connectivity index (χ3n) is 5.74. The molecule has 1 aliphatic heterocycles. The van der Waals surface area contributed by atoms with Crippen molar-refractivity contribution in [2.45, 2.75) is 25.7 Å². The minimum absolute atomic E-state index is 0.365. The van der Waals surface area contributed by atoms with Gasteiger partial charge in [0.1, 0.15) is 11.3 Å². The number of fused-ring (bicyclic) bond motifs is 3. The number of benzene rings is 2. The van der Waals surface area contributed by atoms with Gasteiger partial charge in [0.05, 0.1) is 18.3 Å². The predicted octanol–water partition coefficient (Wildman–Crippen LogP) is 4.05. The molecule has 0 aliphatic carbocycles. The van der Waals surface area contributed by atoms with Crippen molar-refractivity contribution >= 4 is 28.1 Å². The molecule has 0 bridgehead atoms. The summed E-state index contributed by atoms with van der Waals surface area (Å²) in [7, 11) is 1.65.